The lowest BCUT2D eigenvalue weighted by atomic mass is 10.0. The van der Waals surface area contributed by atoms with Gasteiger partial charge in [-0.25, -0.2) is 4.79 Å². The maximum Gasteiger partial charge on any atom is 0.340 e. The Morgan fingerprint density at radius 1 is 1.13 bits per heavy atom. The molecule has 1 aliphatic rings. The summed E-state index contributed by atoms with van der Waals surface area (Å²) in [5.74, 6) is -0.342. The minimum Gasteiger partial charge on any atom is -0.435 e. The summed E-state index contributed by atoms with van der Waals surface area (Å²) in [7, 11) is 1.78. The fourth-order valence-corrected chi connectivity index (χ4v) is 2.72. The lowest BCUT2D eigenvalue weighted by Crippen LogP contribution is -2.52. The maximum absolute atomic E-state index is 12.0. The van der Waals surface area contributed by atoms with Gasteiger partial charge in [0, 0.05) is 18.3 Å². The number of anilines is 1. The molecule has 0 fully saturated rings. The first-order chi connectivity index (χ1) is 11.0. The van der Waals surface area contributed by atoms with Crippen molar-refractivity contribution < 1.29 is 9.53 Å². The molecular weight excluding hydrogens is 310 g/mol. The van der Waals surface area contributed by atoms with Crippen LogP contribution in [-0.4, -0.2) is 23.1 Å². The molecular formula is C17H17N3O2S. The Labute approximate surface area is 140 Å². The van der Waals surface area contributed by atoms with Crippen LogP contribution < -0.4 is 10.7 Å². The van der Waals surface area contributed by atoms with Crippen molar-refractivity contribution in [1.29, 1.82) is 0 Å². The molecule has 0 radical (unpaired) electrons. The third kappa shape index (κ3) is 3.04. The van der Waals surface area contributed by atoms with Crippen LogP contribution in [0.5, 0.6) is 0 Å². The summed E-state index contributed by atoms with van der Waals surface area (Å²) in [6, 6.07) is 17.0. The van der Waals surface area contributed by atoms with Crippen LogP contribution in [0.2, 0.25) is 0 Å². The van der Waals surface area contributed by atoms with Crippen LogP contribution in [0.4, 0.5) is 5.69 Å². The summed E-state index contributed by atoms with van der Waals surface area (Å²) in [6.07, 6.45) is 0. The number of benzene rings is 2. The smallest absolute Gasteiger partial charge is 0.340 e. The molecule has 6 heteroatoms. The van der Waals surface area contributed by atoms with E-state index in [9.17, 15) is 4.79 Å². The first-order valence-corrected chi connectivity index (χ1v) is 7.61. The zero-order valence-electron chi connectivity index (χ0n) is 12.9. The lowest BCUT2D eigenvalue weighted by molar-refractivity contribution is -0.0419. The predicted octanol–water partition coefficient (Wildman–Crippen LogP) is 2.86. The number of esters is 1. The van der Waals surface area contributed by atoms with Crippen LogP contribution in [0.15, 0.2) is 54.6 Å². The van der Waals surface area contributed by atoms with E-state index in [1.54, 1.807) is 25.0 Å². The zero-order chi connectivity index (χ0) is 16.4. The van der Waals surface area contributed by atoms with Crippen LogP contribution >= 0.6 is 12.2 Å². The van der Waals surface area contributed by atoms with Crippen molar-refractivity contribution >= 4 is 29.0 Å². The van der Waals surface area contributed by atoms with Crippen LogP contribution in [0.3, 0.4) is 0 Å². The van der Waals surface area contributed by atoms with E-state index in [0.29, 0.717) is 10.7 Å². The van der Waals surface area contributed by atoms with Crippen molar-refractivity contribution in [1.82, 2.24) is 10.4 Å². The Balaban J connectivity index is 1.74. The second-order valence-corrected chi connectivity index (χ2v) is 5.82. The number of ether oxygens (including phenoxy) is 1. The fraction of sp³-hybridized carbons (Fsp3) is 0.176. The highest BCUT2D eigenvalue weighted by Gasteiger charge is 2.42. The monoisotopic (exact) mass is 327 g/mol. The van der Waals surface area contributed by atoms with E-state index in [2.05, 4.69) is 10.7 Å². The van der Waals surface area contributed by atoms with Crippen molar-refractivity contribution in [2.75, 3.05) is 12.4 Å². The van der Waals surface area contributed by atoms with Gasteiger partial charge >= 0.3 is 5.97 Å². The van der Waals surface area contributed by atoms with Crippen LogP contribution in [0.1, 0.15) is 22.8 Å². The van der Waals surface area contributed by atoms with Gasteiger partial charge in [0.25, 0.3) is 0 Å². The van der Waals surface area contributed by atoms with E-state index in [1.165, 1.54) is 0 Å². The number of hydrazine groups is 1. The van der Waals surface area contributed by atoms with Crippen LogP contribution in [-0.2, 0) is 10.5 Å². The van der Waals surface area contributed by atoms with Gasteiger partial charge < -0.3 is 10.1 Å². The Hall–Kier alpha value is -2.44. The van der Waals surface area contributed by atoms with Crippen molar-refractivity contribution in [3.63, 3.8) is 0 Å². The number of thiocarbonyl (C=S) groups is 1. The summed E-state index contributed by atoms with van der Waals surface area (Å²) in [5, 5.41) is 5.23. The summed E-state index contributed by atoms with van der Waals surface area (Å²) in [4.78, 5) is 12.0. The third-order valence-electron chi connectivity index (χ3n) is 3.67. The second kappa shape index (κ2) is 5.98. The second-order valence-electron chi connectivity index (χ2n) is 5.44. The van der Waals surface area contributed by atoms with E-state index >= 15 is 0 Å². The highest BCUT2D eigenvalue weighted by Crippen LogP contribution is 2.33. The number of nitrogens with one attached hydrogen (secondary N) is 2. The number of hydrogen-bond donors (Lipinski definition) is 2. The molecule has 0 aromatic heterocycles. The molecule has 2 N–H and O–H groups in total. The molecule has 1 aliphatic heterocycles. The lowest BCUT2D eigenvalue weighted by Gasteiger charge is -2.32. The van der Waals surface area contributed by atoms with Crippen molar-refractivity contribution in [3.8, 4) is 0 Å². The highest BCUT2D eigenvalue weighted by molar-refractivity contribution is 7.80. The number of rotatable bonds is 3. The molecule has 0 bridgehead atoms. The largest absolute Gasteiger partial charge is 0.435 e. The van der Waals surface area contributed by atoms with Gasteiger partial charge in [0.2, 0.25) is 5.72 Å². The maximum atomic E-state index is 12.0. The molecule has 0 saturated carbocycles. The summed E-state index contributed by atoms with van der Waals surface area (Å²) in [6.45, 7) is 1.80. The Morgan fingerprint density at radius 3 is 2.52 bits per heavy atom. The summed E-state index contributed by atoms with van der Waals surface area (Å²) < 4.78 is 5.51. The molecule has 3 rings (SSSR count). The Kier molecular flexibility index (Phi) is 4.02. The quantitative estimate of drug-likeness (QED) is 0.514. The molecule has 0 amide bonds. The average Bonchev–Trinajstić information content (AvgIpc) is 2.80. The molecule has 1 unspecified atom stereocenters. The normalized spacial score (nSPS) is 19.0. The first-order valence-electron chi connectivity index (χ1n) is 7.20. The molecule has 2 aromatic rings. The van der Waals surface area contributed by atoms with E-state index < -0.39 is 5.72 Å². The van der Waals surface area contributed by atoms with Gasteiger partial charge in [0.05, 0.1) is 5.56 Å². The summed E-state index contributed by atoms with van der Waals surface area (Å²) >= 11 is 5.38. The van der Waals surface area contributed by atoms with Gasteiger partial charge in [-0.1, -0.05) is 36.4 Å². The first kappa shape index (κ1) is 15.5. The van der Waals surface area contributed by atoms with E-state index in [1.807, 2.05) is 48.5 Å². The molecule has 1 atom stereocenters. The number of hydrogen-bond acceptors (Lipinski definition) is 4. The topological polar surface area (TPSA) is 53.6 Å². The zero-order valence-corrected chi connectivity index (χ0v) is 13.7. The number of fused-ring (bicyclic) bond motifs is 1. The predicted molar refractivity (Wildman–Crippen MR) is 92.8 cm³/mol. The van der Waals surface area contributed by atoms with Crippen LogP contribution in [0.25, 0.3) is 0 Å². The van der Waals surface area contributed by atoms with Crippen molar-refractivity contribution in [2.45, 2.75) is 12.6 Å². The van der Waals surface area contributed by atoms with Gasteiger partial charge in [-0.2, -0.15) is 5.43 Å². The fourth-order valence-electron chi connectivity index (χ4n) is 2.56. The number of carbonyl (C=O) groups excluding carboxylic acids is 1. The van der Waals surface area contributed by atoms with Crippen molar-refractivity contribution in [2.24, 2.45) is 0 Å². The SMILES string of the molecule is CN(NC1(C)OC(=O)c2ccccc21)C(=S)Nc1ccccc1. The summed E-state index contributed by atoms with van der Waals surface area (Å²) in [5.41, 5.74) is 4.44. The Bertz CT molecular complexity index is 751. The third-order valence-corrected chi connectivity index (χ3v) is 4.04. The minimum atomic E-state index is -0.954. The van der Waals surface area contributed by atoms with Gasteiger partial charge in [-0.15, -0.1) is 0 Å². The van der Waals surface area contributed by atoms with E-state index in [4.69, 9.17) is 17.0 Å². The van der Waals surface area contributed by atoms with Crippen molar-refractivity contribution in [3.05, 3.63) is 65.7 Å². The Morgan fingerprint density at radius 2 is 1.78 bits per heavy atom. The molecule has 1 heterocycles. The molecule has 0 saturated heterocycles. The van der Waals surface area contributed by atoms with E-state index in [0.717, 1.165) is 11.3 Å². The molecule has 0 aliphatic carbocycles. The molecule has 118 valence electrons. The number of para-hydroxylation sites is 1. The highest BCUT2D eigenvalue weighted by atomic mass is 32.1. The number of cyclic esters (lactones) is 1. The average molecular weight is 327 g/mol. The standard InChI is InChI=1S/C17H17N3O2S/c1-17(14-11-7-6-10-13(14)15(21)22-17)19-20(2)16(23)18-12-8-4-3-5-9-12/h3-11,19H,1-2H3,(H,18,23). The number of nitrogens with zero attached hydrogens (tertiary/aromatic N) is 1. The molecule has 0 spiro atoms. The van der Waals surface area contributed by atoms with E-state index in [-0.39, 0.29) is 5.97 Å². The van der Waals surface area contributed by atoms with Gasteiger partial charge in [-0.3, -0.25) is 5.01 Å². The molecule has 23 heavy (non-hydrogen) atoms. The van der Waals surface area contributed by atoms with Gasteiger partial charge in [-0.05, 0) is 37.3 Å². The minimum absolute atomic E-state index is 0.342. The number of carbonyl (C=O) groups is 1. The van der Waals surface area contributed by atoms with Gasteiger partial charge in [0.15, 0.2) is 5.11 Å². The van der Waals surface area contributed by atoms with Crippen LogP contribution in [0, 0.1) is 0 Å². The van der Waals surface area contributed by atoms with Gasteiger partial charge in [0.1, 0.15) is 0 Å². The molecule has 5 nitrogen and oxygen atoms in total. The molecule has 2 aromatic carbocycles.